The molecule has 0 aliphatic heterocycles. The zero-order valence-corrected chi connectivity index (χ0v) is 15.1. The molecule has 26 heavy (non-hydrogen) atoms. The number of aryl methyl sites for hydroxylation is 1. The maximum absolute atomic E-state index is 13.1. The summed E-state index contributed by atoms with van der Waals surface area (Å²) in [7, 11) is 0. The first-order valence-corrected chi connectivity index (χ1v) is 8.91. The average Bonchev–Trinajstić information content (AvgIpc) is 3.04. The molecule has 0 bridgehead atoms. The van der Waals surface area contributed by atoms with E-state index in [-0.39, 0.29) is 18.2 Å². The van der Waals surface area contributed by atoms with Crippen molar-refractivity contribution in [3.05, 3.63) is 65.4 Å². The molecular formula is C21H24N2O3. The second-order valence-electron chi connectivity index (χ2n) is 6.33. The van der Waals surface area contributed by atoms with Crippen LogP contribution < -0.4 is 0 Å². The van der Waals surface area contributed by atoms with Crippen LogP contribution in [0.15, 0.2) is 48.5 Å². The van der Waals surface area contributed by atoms with Crippen molar-refractivity contribution >= 4 is 16.8 Å². The van der Waals surface area contributed by atoms with Gasteiger partial charge in [-0.2, -0.15) is 0 Å². The highest BCUT2D eigenvalue weighted by atomic mass is 16.3. The molecule has 0 unspecified atom stereocenters. The molecule has 3 rings (SSSR count). The lowest BCUT2D eigenvalue weighted by Gasteiger charge is -2.24. The molecule has 0 saturated carbocycles. The minimum absolute atomic E-state index is 0.0970. The number of carbonyl (C=O) groups is 1. The number of amides is 1. The molecule has 5 nitrogen and oxygen atoms in total. The van der Waals surface area contributed by atoms with Gasteiger partial charge in [0.1, 0.15) is 11.4 Å². The molecule has 1 atom stereocenters. The van der Waals surface area contributed by atoms with E-state index in [1.54, 1.807) is 23.1 Å². The third-order valence-corrected chi connectivity index (χ3v) is 4.70. The normalized spacial score (nSPS) is 12.3. The summed E-state index contributed by atoms with van der Waals surface area (Å²) in [4.78, 5) is 18.0. The number of aliphatic hydroxyl groups is 1. The Morgan fingerprint density at radius 2 is 1.92 bits per heavy atom. The summed E-state index contributed by atoms with van der Waals surface area (Å²) in [5.74, 6) is -0.0282. The highest BCUT2D eigenvalue weighted by Gasteiger charge is 2.23. The van der Waals surface area contributed by atoms with Crippen LogP contribution in [0.3, 0.4) is 0 Å². The van der Waals surface area contributed by atoms with Crippen LogP contribution in [0.2, 0.25) is 0 Å². The van der Waals surface area contributed by atoms with E-state index in [1.807, 2.05) is 38.1 Å². The molecule has 0 radical (unpaired) electrons. The number of aromatic hydroxyl groups is 1. The number of hydrogen-bond donors (Lipinski definition) is 3. The van der Waals surface area contributed by atoms with E-state index in [0.717, 1.165) is 22.9 Å². The Labute approximate surface area is 152 Å². The maximum atomic E-state index is 13.1. The molecule has 0 aliphatic rings. The summed E-state index contributed by atoms with van der Waals surface area (Å²) in [6.07, 6.45) is -0.113. The van der Waals surface area contributed by atoms with Gasteiger partial charge in [-0.05, 0) is 42.7 Å². The highest BCUT2D eigenvalue weighted by molar-refractivity contribution is 6.01. The lowest BCUT2D eigenvalue weighted by molar-refractivity contribution is 0.0629. The predicted molar refractivity (Wildman–Crippen MR) is 102 cm³/mol. The van der Waals surface area contributed by atoms with E-state index in [2.05, 4.69) is 4.98 Å². The number of carbonyl (C=O) groups excluding carboxylic acids is 1. The summed E-state index contributed by atoms with van der Waals surface area (Å²) < 4.78 is 0. The number of rotatable bonds is 6. The van der Waals surface area contributed by atoms with E-state index < -0.39 is 6.10 Å². The Balaban J connectivity index is 1.87. The van der Waals surface area contributed by atoms with Gasteiger partial charge >= 0.3 is 0 Å². The van der Waals surface area contributed by atoms with Crippen molar-refractivity contribution in [2.24, 2.45) is 0 Å². The van der Waals surface area contributed by atoms with Gasteiger partial charge in [0, 0.05) is 17.4 Å². The number of phenolic OH excluding ortho intramolecular Hbond substituents is 1. The minimum Gasteiger partial charge on any atom is -0.508 e. The SMILES string of the molecule is CCc1c(C(=O)N(CC)C[C@H](O)c2cccc(O)c2)[nH]c2ccccc12. The summed E-state index contributed by atoms with van der Waals surface area (Å²) in [5.41, 5.74) is 3.11. The van der Waals surface area contributed by atoms with Crippen molar-refractivity contribution in [1.82, 2.24) is 9.88 Å². The fourth-order valence-electron chi connectivity index (χ4n) is 3.31. The summed E-state index contributed by atoms with van der Waals surface area (Å²) in [5, 5.41) is 21.1. The fraction of sp³-hybridized carbons (Fsp3) is 0.286. The van der Waals surface area contributed by atoms with Gasteiger partial charge in [-0.1, -0.05) is 37.3 Å². The Morgan fingerprint density at radius 3 is 2.62 bits per heavy atom. The van der Waals surface area contributed by atoms with E-state index >= 15 is 0 Å². The maximum Gasteiger partial charge on any atom is 0.270 e. The van der Waals surface area contributed by atoms with Gasteiger partial charge in [0.05, 0.1) is 12.6 Å². The van der Waals surface area contributed by atoms with Crippen LogP contribution in [-0.4, -0.2) is 39.1 Å². The molecule has 3 aromatic rings. The average molecular weight is 352 g/mol. The van der Waals surface area contributed by atoms with Crippen molar-refractivity contribution < 1.29 is 15.0 Å². The van der Waals surface area contributed by atoms with Crippen LogP contribution in [-0.2, 0) is 6.42 Å². The number of nitrogens with zero attached hydrogens (tertiary/aromatic N) is 1. The van der Waals surface area contributed by atoms with Crippen LogP contribution >= 0.6 is 0 Å². The summed E-state index contributed by atoms with van der Waals surface area (Å²) in [6.45, 7) is 4.57. The molecule has 0 spiro atoms. The number of fused-ring (bicyclic) bond motifs is 1. The number of aliphatic hydroxyl groups excluding tert-OH is 1. The number of aromatic nitrogens is 1. The van der Waals surface area contributed by atoms with Gasteiger partial charge in [0.25, 0.3) is 5.91 Å². The monoisotopic (exact) mass is 352 g/mol. The van der Waals surface area contributed by atoms with Gasteiger partial charge in [0.2, 0.25) is 0 Å². The molecule has 0 aliphatic carbocycles. The molecule has 2 aromatic carbocycles. The number of para-hydroxylation sites is 1. The van der Waals surface area contributed by atoms with Gasteiger partial charge in [0.15, 0.2) is 0 Å². The zero-order chi connectivity index (χ0) is 18.7. The quantitative estimate of drug-likeness (QED) is 0.634. The van der Waals surface area contributed by atoms with Crippen molar-refractivity contribution in [2.75, 3.05) is 13.1 Å². The van der Waals surface area contributed by atoms with E-state index in [1.165, 1.54) is 6.07 Å². The Hall–Kier alpha value is -2.79. The standard InChI is InChI=1S/C21H24N2O3/c1-3-16-17-10-5-6-11-18(17)22-20(16)21(26)23(4-2)13-19(25)14-8-7-9-15(24)12-14/h5-12,19,22,24-25H,3-4,13H2,1-2H3/t19-/m0/s1. The number of benzene rings is 2. The number of phenols is 1. The Morgan fingerprint density at radius 1 is 1.15 bits per heavy atom. The molecule has 136 valence electrons. The predicted octanol–water partition coefficient (Wildman–Crippen LogP) is 3.63. The first-order valence-electron chi connectivity index (χ1n) is 8.91. The van der Waals surface area contributed by atoms with Crippen LogP contribution in [0, 0.1) is 0 Å². The van der Waals surface area contributed by atoms with E-state index in [0.29, 0.717) is 17.8 Å². The molecule has 1 heterocycles. The Kier molecular flexibility index (Phi) is 5.28. The van der Waals surface area contributed by atoms with Crippen molar-refractivity contribution in [3.63, 3.8) is 0 Å². The summed E-state index contributed by atoms with van der Waals surface area (Å²) >= 11 is 0. The smallest absolute Gasteiger partial charge is 0.270 e. The number of hydrogen-bond acceptors (Lipinski definition) is 3. The lowest BCUT2D eigenvalue weighted by atomic mass is 10.1. The molecule has 5 heteroatoms. The first kappa shape index (κ1) is 18.0. The minimum atomic E-state index is -0.861. The number of aromatic amines is 1. The van der Waals surface area contributed by atoms with Crippen molar-refractivity contribution in [1.29, 1.82) is 0 Å². The topological polar surface area (TPSA) is 76.6 Å². The second kappa shape index (κ2) is 7.62. The lowest BCUT2D eigenvalue weighted by Crippen LogP contribution is -2.35. The third-order valence-electron chi connectivity index (χ3n) is 4.70. The molecule has 1 amide bonds. The molecule has 0 fully saturated rings. The summed E-state index contributed by atoms with van der Waals surface area (Å²) in [6, 6.07) is 14.4. The highest BCUT2D eigenvalue weighted by Crippen LogP contribution is 2.25. The van der Waals surface area contributed by atoms with Gasteiger partial charge in [-0.3, -0.25) is 4.79 Å². The fourth-order valence-corrected chi connectivity index (χ4v) is 3.31. The second-order valence-corrected chi connectivity index (χ2v) is 6.33. The van der Waals surface area contributed by atoms with Crippen LogP contribution in [0.1, 0.15) is 41.6 Å². The van der Waals surface area contributed by atoms with Gasteiger partial charge in [-0.15, -0.1) is 0 Å². The van der Waals surface area contributed by atoms with Gasteiger partial charge in [-0.25, -0.2) is 0 Å². The zero-order valence-electron chi connectivity index (χ0n) is 15.1. The molecule has 0 saturated heterocycles. The van der Waals surface area contributed by atoms with Crippen LogP contribution in [0.4, 0.5) is 0 Å². The van der Waals surface area contributed by atoms with E-state index in [4.69, 9.17) is 0 Å². The molecule has 1 aromatic heterocycles. The van der Waals surface area contributed by atoms with Gasteiger partial charge < -0.3 is 20.1 Å². The van der Waals surface area contributed by atoms with Crippen LogP contribution in [0.25, 0.3) is 10.9 Å². The number of likely N-dealkylation sites (N-methyl/N-ethyl adjacent to an activating group) is 1. The first-order chi connectivity index (χ1) is 12.5. The molecule has 3 N–H and O–H groups in total. The van der Waals surface area contributed by atoms with E-state index in [9.17, 15) is 15.0 Å². The van der Waals surface area contributed by atoms with Crippen LogP contribution in [0.5, 0.6) is 5.75 Å². The number of nitrogens with one attached hydrogen (secondary N) is 1. The van der Waals surface area contributed by atoms with Crippen molar-refractivity contribution in [3.8, 4) is 5.75 Å². The third kappa shape index (κ3) is 3.44. The Bertz CT molecular complexity index is 917. The largest absolute Gasteiger partial charge is 0.508 e. The molecular weight excluding hydrogens is 328 g/mol. The van der Waals surface area contributed by atoms with Crippen molar-refractivity contribution in [2.45, 2.75) is 26.4 Å². The number of H-pyrrole nitrogens is 1.